The molecule has 2 rings (SSSR count). The molecule has 2 unspecified atom stereocenters. The third-order valence-corrected chi connectivity index (χ3v) is 5.82. The van der Waals surface area contributed by atoms with Crippen molar-refractivity contribution >= 4 is 23.1 Å². The maximum absolute atomic E-state index is 9.76. The van der Waals surface area contributed by atoms with Gasteiger partial charge < -0.3 is 10.4 Å². The molecule has 1 saturated carbocycles. The summed E-state index contributed by atoms with van der Waals surface area (Å²) >= 11 is 3.50. The molecule has 19 heavy (non-hydrogen) atoms. The molecular weight excluding hydrogens is 278 g/mol. The van der Waals surface area contributed by atoms with Gasteiger partial charge in [-0.05, 0) is 39.2 Å². The van der Waals surface area contributed by atoms with Crippen LogP contribution in [-0.4, -0.2) is 39.2 Å². The summed E-state index contributed by atoms with van der Waals surface area (Å²) in [5.74, 6) is 0. The van der Waals surface area contributed by atoms with E-state index in [2.05, 4.69) is 22.4 Å². The number of aliphatic hydroxyl groups excluding tert-OH is 1. The maximum atomic E-state index is 9.76. The Hall–Kier alpha value is -0.170. The van der Waals surface area contributed by atoms with E-state index in [4.69, 9.17) is 0 Å². The molecule has 1 aromatic rings. The van der Waals surface area contributed by atoms with Gasteiger partial charge >= 0.3 is 0 Å². The summed E-state index contributed by atoms with van der Waals surface area (Å²) in [5, 5.41) is 23.1. The summed E-state index contributed by atoms with van der Waals surface area (Å²) in [6.07, 6.45) is 5.59. The van der Waals surface area contributed by atoms with Crippen molar-refractivity contribution in [3.8, 4) is 0 Å². The lowest BCUT2D eigenvalue weighted by Gasteiger charge is -2.40. The van der Waals surface area contributed by atoms with Crippen LogP contribution in [0.25, 0.3) is 0 Å². The molecule has 2 atom stereocenters. The van der Waals surface area contributed by atoms with Crippen LogP contribution in [0.1, 0.15) is 44.0 Å². The van der Waals surface area contributed by atoms with Crippen LogP contribution in [0.2, 0.25) is 0 Å². The van der Waals surface area contributed by atoms with Crippen molar-refractivity contribution in [3.63, 3.8) is 0 Å². The molecule has 0 radical (unpaired) electrons. The molecule has 2 N–H and O–H groups in total. The van der Waals surface area contributed by atoms with Gasteiger partial charge in [0, 0.05) is 10.8 Å². The predicted octanol–water partition coefficient (Wildman–Crippen LogP) is 2.61. The van der Waals surface area contributed by atoms with Crippen LogP contribution in [-0.2, 0) is 0 Å². The van der Waals surface area contributed by atoms with Gasteiger partial charge in [0.15, 0.2) is 4.34 Å². The van der Waals surface area contributed by atoms with Gasteiger partial charge in [-0.25, -0.2) is 0 Å². The minimum absolute atomic E-state index is 0.0777. The van der Waals surface area contributed by atoms with E-state index in [1.807, 2.05) is 18.7 Å². The Labute approximate surface area is 123 Å². The highest BCUT2D eigenvalue weighted by Crippen LogP contribution is 2.39. The molecule has 0 aliphatic heterocycles. The van der Waals surface area contributed by atoms with E-state index in [0.717, 1.165) is 35.2 Å². The molecule has 6 heteroatoms. The summed E-state index contributed by atoms with van der Waals surface area (Å²) in [4.78, 5) is 0. The third-order valence-electron chi connectivity index (χ3n) is 3.63. The zero-order chi connectivity index (χ0) is 13.7. The second-order valence-electron chi connectivity index (χ2n) is 5.29. The smallest absolute Gasteiger partial charge is 0.174 e. The fraction of sp³-hybridized carbons (Fsp3) is 0.846. The first-order valence-corrected chi connectivity index (χ1v) is 8.70. The summed E-state index contributed by atoms with van der Waals surface area (Å²) in [6.45, 7) is 5.37. The highest BCUT2D eigenvalue weighted by Gasteiger charge is 2.36. The fourth-order valence-electron chi connectivity index (χ4n) is 2.63. The van der Waals surface area contributed by atoms with Gasteiger partial charge in [-0.2, -0.15) is 0 Å². The molecular formula is C13H23N3OS2. The van der Waals surface area contributed by atoms with Crippen LogP contribution in [0.5, 0.6) is 0 Å². The second kappa shape index (κ2) is 7.02. The molecule has 1 fully saturated rings. The predicted molar refractivity (Wildman–Crippen MR) is 80.9 cm³/mol. The number of nitrogens with zero attached hydrogens (tertiary/aromatic N) is 2. The Morgan fingerprint density at radius 1 is 1.53 bits per heavy atom. The Morgan fingerprint density at radius 2 is 2.37 bits per heavy atom. The molecule has 1 aliphatic carbocycles. The minimum atomic E-state index is -0.0777. The second-order valence-corrected chi connectivity index (χ2v) is 8.02. The van der Waals surface area contributed by atoms with Crippen molar-refractivity contribution in [2.75, 3.05) is 13.2 Å². The van der Waals surface area contributed by atoms with Gasteiger partial charge in [-0.1, -0.05) is 36.4 Å². The summed E-state index contributed by atoms with van der Waals surface area (Å²) in [5.41, 5.74) is -0.0777. The van der Waals surface area contributed by atoms with Gasteiger partial charge in [-0.15, -0.1) is 10.2 Å². The molecule has 1 aromatic heterocycles. The molecule has 0 saturated heterocycles. The standard InChI is InChI=1S/C13H23N3OS2/c1-3-7-14-13(9-17)6-4-5-11(8-13)19-12-16-15-10(2)18-12/h11,14,17H,3-9H2,1-2H3. The summed E-state index contributed by atoms with van der Waals surface area (Å²) < 4.78 is 1.06. The van der Waals surface area contributed by atoms with Crippen molar-refractivity contribution in [2.24, 2.45) is 0 Å². The normalized spacial score (nSPS) is 27.6. The van der Waals surface area contributed by atoms with Crippen LogP contribution in [0, 0.1) is 6.92 Å². The number of thioether (sulfide) groups is 1. The number of nitrogens with one attached hydrogen (secondary N) is 1. The highest BCUT2D eigenvalue weighted by atomic mass is 32.2. The average Bonchev–Trinajstić information content (AvgIpc) is 2.82. The van der Waals surface area contributed by atoms with Crippen molar-refractivity contribution in [3.05, 3.63) is 5.01 Å². The Kier molecular flexibility index (Phi) is 5.62. The van der Waals surface area contributed by atoms with Crippen LogP contribution in [0.4, 0.5) is 0 Å². The highest BCUT2D eigenvalue weighted by molar-refractivity contribution is 8.01. The van der Waals surface area contributed by atoms with Gasteiger partial charge in [-0.3, -0.25) is 0 Å². The minimum Gasteiger partial charge on any atom is -0.394 e. The average molecular weight is 301 g/mol. The Balaban J connectivity index is 1.95. The van der Waals surface area contributed by atoms with E-state index in [9.17, 15) is 5.11 Å². The summed E-state index contributed by atoms with van der Waals surface area (Å²) in [7, 11) is 0. The molecule has 0 spiro atoms. The quantitative estimate of drug-likeness (QED) is 0.846. The number of aryl methyl sites for hydroxylation is 1. The first-order valence-electron chi connectivity index (χ1n) is 7.00. The van der Waals surface area contributed by atoms with Crippen molar-refractivity contribution in [2.45, 2.75) is 61.1 Å². The van der Waals surface area contributed by atoms with Gasteiger partial charge in [0.25, 0.3) is 0 Å². The molecule has 108 valence electrons. The number of aliphatic hydroxyl groups is 1. The molecule has 4 nitrogen and oxygen atoms in total. The van der Waals surface area contributed by atoms with Gasteiger partial charge in [0.2, 0.25) is 0 Å². The Bertz CT molecular complexity index is 399. The van der Waals surface area contributed by atoms with Crippen LogP contribution < -0.4 is 5.32 Å². The molecule has 0 bridgehead atoms. The lowest BCUT2D eigenvalue weighted by molar-refractivity contribution is 0.124. The van der Waals surface area contributed by atoms with E-state index in [1.54, 1.807) is 11.3 Å². The number of hydrogen-bond donors (Lipinski definition) is 2. The van der Waals surface area contributed by atoms with Crippen LogP contribution in [0.15, 0.2) is 4.34 Å². The zero-order valence-electron chi connectivity index (χ0n) is 11.7. The van der Waals surface area contributed by atoms with Crippen LogP contribution >= 0.6 is 23.1 Å². The van der Waals surface area contributed by atoms with E-state index < -0.39 is 0 Å². The van der Waals surface area contributed by atoms with Crippen molar-refractivity contribution in [1.29, 1.82) is 0 Å². The zero-order valence-corrected chi connectivity index (χ0v) is 13.3. The summed E-state index contributed by atoms with van der Waals surface area (Å²) in [6, 6.07) is 0. The van der Waals surface area contributed by atoms with E-state index in [0.29, 0.717) is 5.25 Å². The molecule has 1 heterocycles. The fourth-order valence-corrected chi connectivity index (χ4v) is 5.07. The van der Waals surface area contributed by atoms with E-state index >= 15 is 0 Å². The van der Waals surface area contributed by atoms with Crippen molar-refractivity contribution < 1.29 is 5.11 Å². The monoisotopic (exact) mass is 301 g/mol. The lowest BCUT2D eigenvalue weighted by Crippen LogP contribution is -2.52. The molecule has 0 amide bonds. The van der Waals surface area contributed by atoms with Crippen LogP contribution in [0.3, 0.4) is 0 Å². The van der Waals surface area contributed by atoms with E-state index in [-0.39, 0.29) is 12.1 Å². The van der Waals surface area contributed by atoms with E-state index in [1.165, 1.54) is 12.8 Å². The number of rotatable bonds is 6. The largest absolute Gasteiger partial charge is 0.394 e. The third kappa shape index (κ3) is 4.15. The number of hydrogen-bond acceptors (Lipinski definition) is 6. The maximum Gasteiger partial charge on any atom is 0.174 e. The Morgan fingerprint density at radius 3 is 3.00 bits per heavy atom. The van der Waals surface area contributed by atoms with Gasteiger partial charge in [0.05, 0.1) is 6.61 Å². The molecule has 0 aromatic carbocycles. The first kappa shape index (κ1) is 15.2. The van der Waals surface area contributed by atoms with Gasteiger partial charge in [0.1, 0.15) is 5.01 Å². The molecule has 1 aliphatic rings. The topological polar surface area (TPSA) is 58.0 Å². The number of aromatic nitrogens is 2. The SMILES string of the molecule is CCCNC1(CO)CCCC(Sc2nnc(C)s2)C1. The lowest BCUT2D eigenvalue weighted by atomic mass is 9.82. The van der Waals surface area contributed by atoms with Crippen molar-refractivity contribution in [1.82, 2.24) is 15.5 Å². The first-order chi connectivity index (χ1) is 9.17.